The molecule has 7 heteroatoms. The molecule has 0 saturated carbocycles. The maximum Gasteiger partial charge on any atom is 0.350 e. The summed E-state index contributed by atoms with van der Waals surface area (Å²) >= 11 is 1.15. The summed E-state index contributed by atoms with van der Waals surface area (Å²) in [6, 6.07) is 2.02. The highest BCUT2D eigenvalue weighted by molar-refractivity contribution is 7.18. The van der Waals surface area contributed by atoms with Crippen LogP contribution in [0, 0.1) is 11.3 Å². The summed E-state index contributed by atoms with van der Waals surface area (Å²) in [6.45, 7) is 1.12. The lowest BCUT2D eigenvalue weighted by Crippen LogP contribution is -2.21. The van der Waals surface area contributed by atoms with Crippen molar-refractivity contribution in [3.8, 4) is 6.07 Å². The molecule has 98 valence electrons. The number of nitriles is 1. The summed E-state index contributed by atoms with van der Waals surface area (Å²) in [5.41, 5.74) is 6.27. The first-order valence-electron chi connectivity index (χ1n) is 5.17. The fraction of sp³-hybridized carbons (Fsp3) is 0.455. The zero-order valence-corrected chi connectivity index (χ0v) is 11.3. The van der Waals surface area contributed by atoms with Gasteiger partial charge in [-0.05, 0) is 0 Å². The Hall–Kier alpha value is -1.78. The van der Waals surface area contributed by atoms with E-state index in [0.717, 1.165) is 11.3 Å². The average molecular weight is 269 g/mol. The number of nitrogens with zero attached hydrogens (tertiary/aromatic N) is 2. The predicted molar refractivity (Wildman–Crippen MR) is 69.9 cm³/mol. The Morgan fingerprint density at radius 2 is 2.22 bits per heavy atom. The number of rotatable bonds is 5. The molecule has 0 bridgehead atoms. The lowest BCUT2D eigenvalue weighted by atomic mass is 10.2. The van der Waals surface area contributed by atoms with Crippen molar-refractivity contribution < 1.29 is 14.3 Å². The van der Waals surface area contributed by atoms with Gasteiger partial charge in [0.1, 0.15) is 21.5 Å². The van der Waals surface area contributed by atoms with Crippen LogP contribution in [-0.2, 0) is 9.47 Å². The lowest BCUT2D eigenvalue weighted by Gasteiger charge is -2.16. The maximum absolute atomic E-state index is 11.5. The smallest absolute Gasteiger partial charge is 0.350 e. The van der Waals surface area contributed by atoms with E-state index in [0.29, 0.717) is 23.7 Å². The van der Waals surface area contributed by atoms with Crippen LogP contribution in [0.3, 0.4) is 0 Å². The minimum atomic E-state index is -0.527. The van der Waals surface area contributed by atoms with Gasteiger partial charge in [-0.3, -0.25) is 0 Å². The highest BCUT2D eigenvalue weighted by atomic mass is 32.1. The van der Waals surface area contributed by atoms with Crippen molar-refractivity contribution in [2.75, 3.05) is 45.1 Å². The van der Waals surface area contributed by atoms with Gasteiger partial charge in [0.25, 0.3) is 0 Å². The van der Waals surface area contributed by atoms with Crippen LogP contribution in [0.1, 0.15) is 15.2 Å². The van der Waals surface area contributed by atoms with Crippen LogP contribution in [0.2, 0.25) is 0 Å². The molecule has 0 aromatic carbocycles. The number of anilines is 2. The number of carbonyl (C=O) groups is 1. The number of nitrogen functional groups attached to an aromatic ring is 1. The first-order valence-corrected chi connectivity index (χ1v) is 5.99. The predicted octanol–water partition coefficient (Wildman–Crippen LogP) is 1.07. The van der Waals surface area contributed by atoms with Gasteiger partial charge in [-0.1, -0.05) is 0 Å². The molecular formula is C11H15N3O3S. The molecule has 0 aliphatic rings. The molecule has 0 fully saturated rings. The van der Waals surface area contributed by atoms with E-state index in [1.54, 1.807) is 7.11 Å². The molecule has 1 heterocycles. The lowest BCUT2D eigenvalue weighted by molar-refractivity contribution is 0.0607. The normalized spacial score (nSPS) is 9.89. The van der Waals surface area contributed by atoms with E-state index >= 15 is 0 Å². The molecule has 0 aliphatic heterocycles. The Morgan fingerprint density at radius 1 is 1.56 bits per heavy atom. The molecule has 0 spiro atoms. The molecule has 0 unspecified atom stereocenters. The fourth-order valence-electron chi connectivity index (χ4n) is 1.38. The number of likely N-dealkylation sites (N-methyl/N-ethyl adjacent to an activating group) is 1. The van der Waals surface area contributed by atoms with E-state index in [9.17, 15) is 4.79 Å². The van der Waals surface area contributed by atoms with Crippen LogP contribution in [0.15, 0.2) is 0 Å². The second-order valence-corrected chi connectivity index (χ2v) is 4.54. The van der Waals surface area contributed by atoms with E-state index in [1.807, 2.05) is 18.0 Å². The molecule has 0 atom stereocenters. The third-order valence-electron chi connectivity index (χ3n) is 2.39. The molecule has 1 aromatic rings. The maximum atomic E-state index is 11.5. The summed E-state index contributed by atoms with van der Waals surface area (Å²) in [5, 5.41) is 9.75. The van der Waals surface area contributed by atoms with Crippen molar-refractivity contribution in [3.05, 3.63) is 10.4 Å². The van der Waals surface area contributed by atoms with Gasteiger partial charge >= 0.3 is 5.97 Å². The van der Waals surface area contributed by atoms with Crippen molar-refractivity contribution in [3.63, 3.8) is 0 Å². The molecular weight excluding hydrogens is 254 g/mol. The van der Waals surface area contributed by atoms with Gasteiger partial charge in [-0.25, -0.2) is 4.79 Å². The fourth-order valence-corrected chi connectivity index (χ4v) is 2.46. The van der Waals surface area contributed by atoms with Crippen molar-refractivity contribution in [1.82, 2.24) is 0 Å². The average Bonchev–Trinajstić information content (AvgIpc) is 2.72. The van der Waals surface area contributed by atoms with E-state index in [1.165, 1.54) is 7.11 Å². The Kier molecular flexibility index (Phi) is 4.95. The van der Waals surface area contributed by atoms with Crippen LogP contribution in [0.5, 0.6) is 0 Å². The van der Waals surface area contributed by atoms with E-state index < -0.39 is 5.97 Å². The van der Waals surface area contributed by atoms with Gasteiger partial charge in [0.2, 0.25) is 0 Å². The van der Waals surface area contributed by atoms with E-state index in [4.69, 9.17) is 15.7 Å². The van der Waals surface area contributed by atoms with Crippen molar-refractivity contribution in [1.29, 1.82) is 5.26 Å². The summed E-state index contributed by atoms with van der Waals surface area (Å²) in [5.74, 6) is -0.527. The SMILES string of the molecule is COCCN(C)c1sc(C(=O)OC)c(N)c1C#N. The number of ether oxygens (including phenoxy) is 2. The van der Waals surface area contributed by atoms with Gasteiger partial charge in [0, 0.05) is 20.7 Å². The quantitative estimate of drug-likeness (QED) is 0.804. The first kappa shape index (κ1) is 14.3. The Labute approximate surface area is 110 Å². The second-order valence-electron chi connectivity index (χ2n) is 3.54. The Morgan fingerprint density at radius 3 is 2.72 bits per heavy atom. The van der Waals surface area contributed by atoms with Gasteiger partial charge in [0.05, 0.1) is 19.4 Å². The Balaban J connectivity index is 3.12. The zero-order chi connectivity index (χ0) is 13.7. The molecule has 2 N–H and O–H groups in total. The number of carbonyl (C=O) groups excluding carboxylic acids is 1. The van der Waals surface area contributed by atoms with Crippen LogP contribution in [0.4, 0.5) is 10.7 Å². The minimum Gasteiger partial charge on any atom is -0.465 e. The monoisotopic (exact) mass is 269 g/mol. The Bertz CT molecular complexity index is 479. The summed E-state index contributed by atoms with van der Waals surface area (Å²) in [4.78, 5) is 13.6. The topological polar surface area (TPSA) is 88.6 Å². The molecule has 0 saturated heterocycles. The number of hydrogen-bond acceptors (Lipinski definition) is 7. The molecule has 1 aromatic heterocycles. The highest BCUT2D eigenvalue weighted by Gasteiger charge is 2.23. The summed E-state index contributed by atoms with van der Waals surface area (Å²) in [6.07, 6.45) is 0. The number of esters is 1. The van der Waals surface area contributed by atoms with Crippen LogP contribution in [-0.4, -0.2) is 40.4 Å². The van der Waals surface area contributed by atoms with Gasteiger partial charge in [-0.2, -0.15) is 5.26 Å². The van der Waals surface area contributed by atoms with Gasteiger partial charge in [-0.15, -0.1) is 11.3 Å². The minimum absolute atomic E-state index is 0.175. The van der Waals surface area contributed by atoms with Crippen molar-refractivity contribution >= 4 is 28.0 Å². The van der Waals surface area contributed by atoms with Gasteiger partial charge < -0.3 is 20.1 Å². The summed E-state index contributed by atoms with van der Waals surface area (Å²) in [7, 11) is 4.69. The molecule has 1 rings (SSSR count). The number of nitrogens with two attached hydrogens (primary N) is 1. The molecule has 0 radical (unpaired) electrons. The molecule has 6 nitrogen and oxygen atoms in total. The molecule has 0 amide bonds. The van der Waals surface area contributed by atoms with Crippen molar-refractivity contribution in [2.24, 2.45) is 0 Å². The number of hydrogen-bond donors (Lipinski definition) is 1. The zero-order valence-electron chi connectivity index (χ0n) is 10.5. The van der Waals surface area contributed by atoms with Crippen LogP contribution in [0.25, 0.3) is 0 Å². The number of thiophene rings is 1. The second kappa shape index (κ2) is 6.23. The van der Waals surface area contributed by atoms with Gasteiger partial charge in [0.15, 0.2) is 0 Å². The largest absolute Gasteiger partial charge is 0.465 e. The number of methoxy groups -OCH3 is 2. The molecule has 0 aliphatic carbocycles. The van der Waals surface area contributed by atoms with Crippen LogP contribution < -0.4 is 10.6 Å². The van der Waals surface area contributed by atoms with E-state index in [-0.39, 0.29) is 10.6 Å². The highest BCUT2D eigenvalue weighted by Crippen LogP contribution is 2.37. The third kappa shape index (κ3) is 2.72. The standard InChI is InChI=1S/C11H15N3O3S/c1-14(4-5-16-2)10-7(6-12)8(13)9(18-10)11(15)17-3/h4-5,13H2,1-3H3. The van der Waals surface area contributed by atoms with E-state index in [2.05, 4.69) is 4.74 Å². The van der Waals surface area contributed by atoms with Crippen molar-refractivity contribution in [2.45, 2.75) is 0 Å². The first-order chi connectivity index (χ1) is 8.56. The summed E-state index contributed by atoms with van der Waals surface area (Å²) < 4.78 is 9.60. The molecule has 18 heavy (non-hydrogen) atoms. The third-order valence-corrected chi connectivity index (χ3v) is 3.69. The van der Waals surface area contributed by atoms with Crippen LogP contribution >= 0.6 is 11.3 Å².